The Hall–Kier alpha value is -1.88. The molecule has 0 fully saturated rings. The van der Waals surface area contributed by atoms with Crippen LogP contribution in [-0.2, 0) is 16.0 Å². The molecule has 4 nitrogen and oxygen atoms in total. The Morgan fingerprint density at radius 2 is 2.16 bits per heavy atom. The van der Waals surface area contributed by atoms with Crippen molar-refractivity contribution >= 4 is 17.3 Å². The summed E-state index contributed by atoms with van der Waals surface area (Å²) in [6.07, 6.45) is 2.74. The summed E-state index contributed by atoms with van der Waals surface area (Å²) in [5.74, 6) is 0.0125. The fraction of sp³-hybridized carbons (Fsp3) is 0.286. The van der Waals surface area contributed by atoms with Crippen LogP contribution in [-0.4, -0.2) is 23.2 Å². The van der Waals surface area contributed by atoms with Crippen LogP contribution in [0.25, 0.3) is 0 Å². The molecular weight excluding hydrogens is 262 g/mol. The van der Waals surface area contributed by atoms with E-state index < -0.39 is 0 Å². The van der Waals surface area contributed by atoms with Crippen molar-refractivity contribution < 1.29 is 14.6 Å². The second-order valence-electron chi connectivity index (χ2n) is 4.22. The lowest BCUT2D eigenvalue weighted by Crippen LogP contribution is -2.11. The second-order valence-corrected chi connectivity index (χ2v) is 5.14. The van der Waals surface area contributed by atoms with E-state index in [9.17, 15) is 9.90 Å². The maximum Gasteiger partial charge on any atom is 0.306 e. The van der Waals surface area contributed by atoms with Gasteiger partial charge in [-0.25, -0.2) is 4.98 Å². The van der Waals surface area contributed by atoms with E-state index in [0.29, 0.717) is 12.8 Å². The fourth-order valence-corrected chi connectivity index (χ4v) is 2.63. The van der Waals surface area contributed by atoms with Gasteiger partial charge in [0.2, 0.25) is 0 Å². The molecule has 0 bridgehead atoms. The van der Waals surface area contributed by atoms with Crippen LogP contribution in [0.1, 0.15) is 22.9 Å². The lowest BCUT2D eigenvalue weighted by molar-refractivity contribution is -0.141. The number of benzene rings is 1. The molecule has 100 valence electrons. The minimum absolute atomic E-state index is 0.0111. The van der Waals surface area contributed by atoms with Crippen molar-refractivity contribution in [1.82, 2.24) is 4.98 Å². The van der Waals surface area contributed by atoms with Crippen molar-refractivity contribution in [2.45, 2.75) is 18.8 Å². The third-order valence-electron chi connectivity index (χ3n) is 2.86. The summed E-state index contributed by atoms with van der Waals surface area (Å²) in [6.45, 7) is 0. The zero-order valence-electron chi connectivity index (χ0n) is 10.6. The van der Waals surface area contributed by atoms with Crippen LogP contribution in [0, 0.1) is 0 Å². The zero-order valence-corrected chi connectivity index (χ0v) is 11.4. The van der Waals surface area contributed by atoms with Gasteiger partial charge >= 0.3 is 5.97 Å². The van der Waals surface area contributed by atoms with Crippen LogP contribution < -0.4 is 0 Å². The summed E-state index contributed by atoms with van der Waals surface area (Å²) in [5, 5.41) is 12.1. The fourth-order valence-electron chi connectivity index (χ4n) is 1.88. The Kier molecular flexibility index (Phi) is 4.52. The number of esters is 1. The average Bonchev–Trinajstić information content (AvgIpc) is 2.94. The average molecular weight is 277 g/mol. The highest BCUT2D eigenvalue weighted by Gasteiger charge is 2.19. The molecule has 0 aliphatic heterocycles. The van der Waals surface area contributed by atoms with Crippen LogP contribution in [0.3, 0.4) is 0 Å². The van der Waals surface area contributed by atoms with Crippen molar-refractivity contribution in [1.29, 1.82) is 0 Å². The van der Waals surface area contributed by atoms with Crippen LogP contribution >= 0.6 is 11.3 Å². The molecule has 5 heteroatoms. The number of thiazole rings is 1. The van der Waals surface area contributed by atoms with Gasteiger partial charge in [-0.2, -0.15) is 0 Å². The summed E-state index contributed by atoms with van der Waals surface area (Å²) in [6, 6.07) is 7.00. The molecule has 0 radical (unpaired) electrons. The molecule has 0 aliphatic rings. The lowest BCUT2D eigenvalue weighted by Gasteiger charge is -2.13. The second kappa shape index (κ2) is 6.33. The Morgan fingerprint density at radius 1 is 1.42 bits per heavy atom. The summed E-state index contributed by atoms with van der Waals surface area (Å²) in [4.78, 5) is 15.8. The molecule has 2 aromatic rings. The molecule has 0 saturated heterocycles. The van der Waals surface area contributed by atoms with E-state index in [1.807, 2.05) is 17.5 Å². The van der Waals surface area contributed by atoms with Crippen molar-refractivity contribution in [2.75, 3.05) is 7.11 Å². The number of aromatic nitrogens is 1. The topological polar surface area (TPSA) is 59.4 Å². The molecule has 2 rings (SSSR count). The minimum Gasteiger partial charge on any atom is -0.508 e. The van der Waals surface area contributed by atoms with Crippen LogP contribution in [0.5, 0.6) is 5.75 Å². The first-order valence-corrected chi connectivity index (χ1v) is 6.81. The van der Waals surface area contributed by atoms with Gasteiger partial charge in [0.05, 0.1) is 18.5 Å². The van der Waals surface area contributed by atoms with Crippen molar-refractivity contribution in [3.63, 3.8) is 0 Å². The third kappa shape index (κ3) is 3.79. The molecule has 1 N–H and O–H groups in total. The number of nitrogens with zero attached hydrogens (tertiary/aromatic N) is 1. The molecule has 0 aliphatic carbocycles. The maximum atomic E-state index is 11.5. The predicted octanol–water partition coefficient (Wildman–Crippen LogP) is 2.74. The highest BCUT2D eigenvalue weighted by atomic mass is 32.1. The number of methoxy groups -OCH3 is 1. The van der Waals surface area contributed by atoms with Crippen LogP contribution in [0.4, 0.5) is 0 Å². The monoisotopic (exact) mass is 277 g/mol. The van der Waals surface area contributed by atoms with E-state index in [2.05, 4.69) is 4.98 Å². The van der Waals surface area contributed by atoms with Gasteiger partial charge in [0.25, 0.3) is 0 Å². The van der Waals surface area contributed by atoms with E-state index in [-0.39, 0.29) is 17.6 Å². The number of phenolic OH excluding ortho intramolecular Hbond substituents is 1. The predicted molar refractivity (Wildman–Crippen MR) is 73.3 cm³/mol. The quantitative estimate of drug-likeness (QED) is 0.854. The Morgan fingerprint density at radius 3 is 2.74 bits per heavy atom. The molecule has 0 unspecified atom stereocenters. The first kappa shape index (κ1) is 13.5. The largest absolute Gasteiger partial charge is 0.508 e. The van der Waals surface area contributed by atoms with Gasteiger partial charge in [0, 0.05) is 17.5 Å². The molecule has 0 spiro atoms. The first-order chi connectivity index (χ1) is 9.19. The molecule has 1 aromatic carbocycles. The van der Waals surface area contributed by atoms with Gasteiger partial charge in [-0.15, -0.1) is 11.3 Å². The van der Waals surface area contributed by atoms with Gasteiger partial charge in [0.15, 0.2) is 0 Å². The highest BCUT2D eigenvalue weighted by Crippen LogP contribution is 2.27. The van der Waals surface area contributed by atoms with E-state index >= 15 is 0 Å². The molecule has 1 heterocycles. The number of phenols is 1. The molecule has 0 amide bonds. The number of aromatic hydroxyl groups is 1. The summed E-state index contributed by atoms with van der Waals surface area (Å²) in [7, 11) is 1.39. The van der Waals surface area contributed by atoms with Gasteiger partial charge < -0.3 is 9.84 Å². The first-order valence-electron chi connectivity index (χ1n) is 5.93. The molecule has 0 saturated carbocycles. The zero-order chi connectivity index (χ0) is 13.7. The van der Waals surface area contributed by atoms with Crippen molar-refractivity contribution in [2.24, 2.45) is 0 Å². The number of hydrogen-bond acceptors (Lipinski definition) is 5. The smallest absolute Gasteiger partial charge is 0.306 e. The van der Waals surface area contributed by atoms with Gasteiger partial charge in [0.1, 0.15) is 5.75 Å². The third-order valence-corrected chi connectivity index (χ3v) is 3.80. The molecular formula is C14H15NO3S. The normalized spacial score (nSPS) is 12.1. The number of hydrogen-bond donors (Lipinski definition) is 1. The van der Waals surface area contributed by atoms with E-state index in [1.54, 1.807) is 18.3 Å². The van der Waals surface area contributed by atoms with Gasteiger partial charge in [-0.1, -0.05) is 12.1 Å². The SMILES string of the molecule is COC(=O)C[C@@H](Cc1ccc(O)cc1)c1nccs1. The van der Waals surface area contributed by atoms with E-state index in [0.717, 1.165) is 10.6 Å². The Bertz CT molecular complexity index is 522. The molecule has 1 atom stereocenters. The molecule has 1 aromatic heterocycles. The van der Waals surface area contributed by atoms with Crippen LogP contribution in [0.2, 0.25) is 0 Å². The number of carbonyl (C=O) groups excluding carboxylic acids is 1. The number of carbonyl (C=O) groups is 1. The standard InChI is InChI=1S/C14H15NO3S/c1-18-13(17)9-11(14-15-6-7-19-14)8-10-2-4-12(16)5-3-10/h2-7,11,16H,8-9H2,1H3/t11-/m1/s1. The molecule has 19 heavy (non-hydrogen) atoms. The lowest BCUT2D eigenvalue weighted by atomic mass is 9.96. The highest BCUT2D eigenvalue weighted by molar-refractivity contribution is 7.09. The van der Waals surface area contributed by atoms with Gasteiger partial charge in [-0.05, 0) is 24.1 Å². The Balaban J connectivity index is 2.13. The van der Waals surface area contributed by atoms with E-state index in [4.69, 9.17) is 4.74 Å². The maximum absolute atomic E-state index is 11.5. The van der Waals surface area contributed by atoms with Crippen LogP contribution in [0.15, 0.2) is 35.8 Å². The number of rotatable bonds is 5. The Labute approximate surface area is 115 Å². The van der Waals surface area contributed by atoms with E-state index in [1.165, 1.54) is 18.4 Å². The summed E-state index contributed by atoms with van der Waals surface area (Å²) in [5.41, 5.74) is 1.06. The van der Waals surface area contributed by atoms with Crippen molar-refractivity contribution in [3.05, 3.63) is 46.4 Å². The van der Waals surface area contributed by atoms with Gasteiger partial charge in [-0.3, -0.25) is 4.79 Å². The van der Waals surface area contributed by atoms with Crippen molar-refractivity contribution in [3.8, 4) is 5.75 Å². The summed E-state index contributed by atoms with van der Waals surface area (Å²) < 4.78 is 4.73. The number of ether oxygens (including phenoxy) is 1. The summed E-state index contributed by atoms with van der Waals surface area (Å²) >= 11 is 1.54. The minimum atomic E-state index is -0.237.